The van der Waals surface area contributed by atoms with Crippen molar-refractivity contribution >= 4 is 28.5 Å². The Morgan fingerprint density at radius 2 is 2.00 bits per heavy atom. The molecule has 116 valence electrons. The van der Waals surface area contributed by atoms with E-state index in [0.29, 0.717) is 11.7 Å². The first-order valence-electron chi connectivity index (χ1n) is 7.34. The number of piperazine rings is 1. The zero-order chi connectivity index (χ0) is 14.9. The minimum atomic E-state index is 0.619. The minimum Gasteiger partial charge on any atom is -0.379 e. The van der Waals surface area contributed by atoms with E-state index in [1.165, 1.54) is 0 Å². The number of aliphatic imine (C=N–C) groups is 1. The third-order valence-corrected chi connectivity index (χ3v) is 4.58. The van der Waals surface area contributed by atoms with Crippen LogP contribution in [0.15, 0.2) is 29.3 Å². The van der Waals surface area contributed by atoms with Crippen molar-refractivity contribution in [1.82, 2.24) is 10.2 Å². The highest BCUT2D eigenvalue weighted by atomic mass is 35.5. The van der Waals surface area contributed by atoms with Crippen molar-refractivity contribution in [3.8, 4) is 0 Å². The molecule has 0 bridgehead atoms. The lowest BCUT2D eigenvalue weighted by Gasteiger charge is -2.26. The van der Waals surface area contributed by atoms with E-state index in [0.717, 1.165) is 55.5 Å². The van der Waals surface area contributed by atoms with Gasteiger partial charge in [0.05, 0.1) is 6.54 Å². The van der Waals surface area contributed by atoms with E-state index in [1.54, 1.807) is 11.8 Å². The first-order chi connectivity index (χ1) is 10.2. The molecule has 6 heteroatoms. The van der Waals surface area contributed by atoms with Crippen LogP contribution in [0.25, 0.3) is 0 Å². The average molecular weight is 327 g/mol. The van der Waals surface area contributed by atoms with Crippen LogP contribution in [0.1, 0.15) is 12.0 Å². The van der Waals surface area contributed by atoms with E-state index in [4.69, 9.17) is 17.3 Å². The molecule has 1 saturated heterocycles. The molecule has 0 amide bonds. The standard InChI is InChI=1S/C15H23ClN4S/c16-14-4-2-13(3-5-14)12-19-15(17)21-11-1-8-20-9-6-18-7-10-20/h2-5,18H,1,6-12H2,(H2,17,19). The molecule has 2 rings (SSSR count). The summed E-state index contributed by atoms with van der Waals surface area (Å²) in [4.78, 5) is 6.90. The topological polar surface area (TPSA) is 53.6 Å². The molecular formula is C15H23ClN4S. The van der Waals surface area contributed by atoms with Gasteiger partial charge in [0.2, 0.25) is 0 Å². The van der Waals surface area contributed by atoms with Gasteiger partial charge in [0.1, 0.15) is 0 Å². The number of benzene rings is 1. The predicted octanol–water partition coefficient (Wildman–Crippen LogP) is 2.18. The van der Waals surface area contributed by atoms with E-state index in [9.17, 15) is 0 Å². The molecule has 0 atom stereocenters. The molecule has 1 aromatic carbocycles. The summed E-state index contributed by atoms with van der Waals surface area (Å²) >= 11 is 7.50. The van der Waals surface area contributed by atoms with Gasteiger partial charge in [0.25, 0.3) is 0 Å². The Bertz CT molecular complexity index is 443. The monoisotopic (exact) mass is 326 g/mol. The summed E-state index contributed by atoms with van der Waals surface area (Å²) in [6, 6.07) is 7.72. The van der Waals surface area contributed by atoms with Gasteiger partial charge in [-0.2, -0.15) is 0 Å². The van der Waals surface area contributed by atoms with E-state index in [1.807, 2.05) is 24.3 Å². The van der Waals surface area contributed by atoms with E-state index < -0.39 is 0 Å². The van der Waals surface area contributed by atoms with Crippen LogP contribution < -0.4 is 11.1 Å². The second kappa shape index (κ2) is 9.30. The van der Waals surface area contributed by atoms with Crippen molar-refractivity contribution in [3.05, 3.63) is 34.9 Å². The molecule has 0 aromatic heterocycles. The fourth-order valence-corrected chi connectivity index (χ4v) is 2.97. The van der Waals surface area contributed by atoms with Gasteiger partial charge in [-0.25, -0.2) is 0 Å². The quantitative estimate of drug-likeness (QED) is 0.478. The van der Waals surface area contributed by atoms with E-state index in [-0.39, 0.29) is 0 Å². The molecule has 0 aliphatic carbocycles. The first-order valence-corrected chi connectivity index (χ1v) is 8.70. The Balaban J connectivity index is 1.60. The van der Waals surface area contributed by atoms with Crippen molar-refractivity contribution in [2.45, 2.75) is 13.0 Å². The van der Waals surface area contributed by atoms with Crippen LogP contribution in [0.3, 0.4) is 0 Å². The van der Waals surface area contributed by atoms with Crippen LogP contribution in [-0.2, 0) is 6.54 Å². The molecule has 0 spiro atoms. The number of thioether (sulfide) groups is 1. The molecule has 1 fully saturated rings. The van der Waals surface area contributed by atoms with Crippen molar-refractivity contribution < 1.29 is 0 Å². The summed E-state index contributed by atoms with van der Waals surface area (Å²) in [7, 11) is 0. The van der Waals surface area contributed by atoms with Crippen LogP contribution in [0.2, 0.25) is 5.02 Å². The molecular weight excluding hydrogens is 304 g/mol. The second-order valence-electron chi connectivity index (χ2n) is 5.07. The highest BCUT2D eigenvalue weighted by Crippen LogP contribution is 2.11. The van der Waals surface area contributed by atoms with Gasteiger partial charge < -0.3 is 16.0 Å². The Labute approximate surface area is 136 Å². The van der Waals surface area contributed by atoms with E-state index in [2.05, 4.69) is 15.2 Å². The van der Waals surface area contributed by atoms with Gasteiger partial charge in [-0.3, -0.25) is 4.99 Å². The maximum absolute atomic E-state index is 5.93. The van der Waals surface area contributed by atoms with Crippen molar-refractivity contribution in [3.63, 3.8) is 0 Å². The van der Waals surface area contributed by atoms with Crippen LogP contribution in [-0.4, -0.2) is 48.5 Å². The van der Waals surface area contributed by atoms with Gasteiger partial charge in [-0.05, 0) is 30.7 Å². The van der Waals surface area contributed by atoms with Gasteiger partial charge in [-0.1, -0.05) is 35.5 Å². The van der Waals surface area contributed by atoms with Crippen LogP contribution in [0.4, 0.5) is 0 Å². The predicted molar refractivity (Wildman–Crippen MR) is 93.2 cm³/mol. The largest absolute Gasteiger partial charge is 0.379 e. The van der Waals surface area contributed by atoms with Gasteiger partial charge in [0.15, 0.2) is 5.17 Å². The lowest BCUT2D eigenvalue weighted by atomic mass is 10.2. The lowest BCUT2D eigenvalue weighted by Crippen LogP contribution is -2.43. The molecule has 3 N–H and O–H groups in total. The number of hydrogen-bond donors (Lipinski definition) is 2. The third kappa shape index (κ3) is 6.70. The SMILES string of the molecule is NC(=NCc1ccc(Cl)cc1)SCCCN1CCNCC1. The fourth-order valence-electron chi connectivity index (χ4n) is 2.20. The summed E-state index contributed by atoms with van der Waals surface area (Å²) < 4.78 is 0. The maximum Gasteiger partial charge on any atom is 0.154 e. The van der Waals surface area contributed by atoms with Gasteiger partial charge >= 0.3 is 0 Å². The summed E-state index contributed by atoms with van der Waals surface area (Å²) in [5, 5.41) is 4.78. The van der Waals surface area contributed by atoms with Crippen LogP contribution >= 0.6 is 23.4 Å². The molecule has 1 heterocycles. The number of nitrogens with two attached hydrogens (primary N) is 1. The van der Waals surface area contributed by atoms with Gasteiger partial charge in [-0.15, -0.1) is 0 Å². The van der Waals surface area contributed by atoms with Crippen molar-refractivity contribution in [2.75, 3.05) is 38.5 Å². The Morgan fingerprint density at radius 1 is 1.29 bits per heavy atom. The molecule has 0 unspecified atom stereocenters. The minimum absolute atomic E-state index is 0.619. The van der Waals surface area contributed by atoms with Crippen molar-refractivity contribution in [1.29, 1.82) is 0 Å². The van der Waals surface area contributed by atoms with Crippen LogP contribution in [0, 0.1) is 0 Å². The average Bonchev–Trinajstić information content (AvgIpc) is 2.52. The maximum atomic E-state index is 5.93. The lowest BCUT2D eigenvalue weighted by molar-refractivity contribution is 0.242. The zero-order valence-corrected chi connectivity index (χ0v) is 13.8. The molecule has 4 nitrogen and oxygen atoms in total. The number of nitrogens with one attached hydrogen (secondary N) is 1. The van der Waals surface area contributed by atoms with Gasteiger partial charge in [0, 0.05) is 37.0 Å². The Hall–Kier alpha value is -0.750. The summed E-state index contributed by atoms with van der Waals surface area (Å²) in [5.74, 6) is 1.03. The second-order valence-corrected chi connectivity index (χ2v) is 6.63. The summed E-state index contributed by atoms with van der Waals surface area (Å²) in [6.45, 7) is 6.30. The van der Waals surface area contributed by atoms with Crippen molar-refractivity contribution in [2.24, 2.45) is 10.7 Å². The molecule has 1 aromatic rings. The number of hydrogen-bond acceptors (Lipinski definition) is 4. The number of rotatable bonds is 6. The molecule has 21 heavy (non-hydrogen) atoms. The fraction of sp³-hybridized carbons (Fsp3) is 0.533. The molecule has 0 saturated carbocycles. The Kier molecular flexibility index (Phi) is 7.36. The highest BCUT2D eigenvalue weighted by Gasteiger charge is 2.08. The number of halogens is 1. The summed E-state index contributed by atoms with van der Waals surface area (Å²) in [6.07, 6.45) is 1.15. The zero-order valence-electron chi connectivity index (χ0n) is 12.2. The highest BCUT2D eigenvalue weighted by molar-refractivity contribution is 8.13. The normalized spacial score (nSPS) is 17.1. The summed E-state index contributed by atoms with van der Waals surface area (Å²) in [5.41, 5.74) is 7.06. The number of amidine groups is 1. The number of nitrogens with zero attached hydrogens (tertiary/aromatic N) is 2. The third-order valence-electron chi connectivity index (χ3n) is 3.41. The smallest absolute Gasteiger partial charge is 0.154 e. The van der Waals surface area contributed by atoms with E-state index >= 15 is 0 Å². The molecule has 1 aliphatic rings. The first kappa shape index (κ1) is 16.6. The molecule has 1 aliphatic heterocycles. The van der Waals surface area contributed by atoms with Crippen LogP contribution in [0.5, 0.6) is 0 Å². The molecule has 0 radical (unpaired) electrons. The Morgan fingerprint density at radius 3 is 2.71 bits per heavy atom.